The lowest BCUT2D eigenvalue weighted by Crippen LogP contribution is -2.12. The van der Waals surface area contributed by atoms with Gasteiger partial charge in [-0.3, -0.25) is 14.9 Å². The van der Waals surface area contributed by atoms with Gasteiger partial charge in [-0.2, -0.15) is 5.10 Å². The number of ether oxygens (including phenoxy) is 2. The van der Waals surface area contributed by atoms with Gasteiger partial charge < -0.3 is 14.8 Å². The summed E-state index contributed by atoms with van der Waals surface area (Å²) in [7, 11) is 1.32. The number of rotatable bonds is 7. The van der Waals surface area contributed by atoms with Crippen molar-refractivity contribution in [3.8, 4) is 11.5 Å². The largest absolute Gasteiger partial charge is 0.490 e. The standard InChI is InChI=1S/C18H15ClN4O5/c1-27-17-6-5-12(7-16(17)23(25)26)18(24)21-14-9-20-22(10-14)11-28-15-4-2-3-13(19)8-15/h2-10H,11H2,1H3,(H,21,24). The molecule has 0 aliphatic carbocycles. The molecule has 0 unspecified atom stereocenters. The van der Waals surface area contributed by atoms with Gasteiger partial charge in [-0.05, 0) is 30.3 Å². The molecule has 144 valence electrons. The lowest BCUT2D eigenvalue weighted by atomic mass is 10.1. The molecule has 1 amide bonds. The van der Waals surface area contributed by atoms with Gasteiger partial charge in [0.2, 0.25) is 0 Å². The second-order valence-corrected chi connectivity index (χ2v) is 6.03. The number of carbonyl (C=O) groups excluding carboxylic acids is 1. The van der Waals surface area contributed by atoms with Gasteiger partial charge >= 0.3 is 5.69 Å². The molecule has 3 aromatic rings. The molecule has 1 heterocycles. The predicted octanol–water partition coefficient (Wildman–Crippen LogP) is 3.74. The Labute approximate surface area is 164 Å². The molecule has 0 aliphatic heterocycles. The quantitative estimate of drug-likeness (QED) is 0.476. The first kappa shape index (κ1) is 19.2. The van der Waals surface area contributed by atoms with Gasteiger partial charge in [-0.1, -0.05) is 17.7 Å². The molecule has 2 aromatic carbocycles. The molecule has 0 aliphatic rings. The van der Waals surface area contributed by atoms with E-state index in [2.05, 4.69) is 10.4 Å². The van der Waals surface area contributed by atoms with Crippen molar-refractivity contribution in [3.05, 3.63) is 75.6 Å². The van der Waals surface area contributed by atoms with E-state index in [9.17, 15) is 14.9 Å². The third-order valence-corrected chi connectivity index (χ3v) is 3.92. The molecule has 9 nitrogen and oxygen atoms in total. The number of benzene rings is 2. The topological polar surface area (TPSA) is 109 Å². The SMILES string of the molecule is COc1ccc(C(=O)Nc2cnn(COc3cccc(Cl)c3)c2)cc1[N+](=O)[O-]. The summed E-state index contributed by atoms with van der Waals surface area (Å²) >= 11 is 5.90. The number of hydrogen-bond acceptors (Lipinski definition) is 6. The van der Waals surface area contributed by atoms with E-state index < -0.39 is 10.8 Å². The van der Waals surface area contributed by atoms with Crippen molar-refractivity contribution in [3.63, 3.8) is 0 Å². The number of hydrogen-bond donors (Lipinski definition) is 1. The average Bonchev–Trinajstić information content (AvgIpc) is 3.13. The summed E-state index contributed by atoms with van der Waals surface area (Å²) in [5.41, 5.74) is 0.245. The summed E-state index contributed by atoms with van der Waals surface area (Å²) in [6.07, 6.45) is 3.01. The Morgan fingerprint density at radius 1 is 1.32 bits per heavy atom. The van der Waals surface area contributed by atoms with Gasteiger partial charge in [0.1, 0.15) is 5.75 Å². The van der Waals surface area contributed by atoms with E-state index in [1.807, 2.05) is 0 Å². The Kier molecular flexibility index (Phi) is 5.75. The molecule has 0 atom stereocenters. The first-order valence-electron chi connectivity index (χ1n) is 8.01. The second kappa shape index (κ2) is 8.40. The molecular formula is C18H15ClN4O5. The van der Waals surface area contributed by atoms with E-state index in [4.69, 9.17) is 21.1 Å². The smallest absolute Gasteiger partial charge is 0.311 e. The Morgan fingerprint density at radius 2 is 2.14 bits per heavy atom. The van der Waals surface area contributed by atoms with Crippen LogP contribution in [0.1, 0.15) is 10.4 Å². The van der Waals surface area contributed by atoms with Gasteiger partial charge in [0.15, 0.2) is 12.5 Å². The molecule has 0 bridgehead atoms. The first-order chi connectivity index (χ1) is 13.5. The Balaban J connectivity index is 1.65. The number of anilines is 1. The second-order valence-electron chi connectivity index (χ2n) is 5.60. The molecular weight excluding hydrogens is 388 g/mol. The first-order valence-corrected chi connectivity index (χ1v) is 8.38. The zero-order valence-corrected chi connectivity index (χ0v) is 15.4. The van der Waals surface area contributed by atoms with E-state index in [0.29, 0.717) is 16.5 Å². The highest BCUT2D eigenvalue weighted by molar-refractivity contribution is 6.30. The number of nitro benzene ring substituents is 1. The Morgan fingerprint density at radius 3 is 2.86 bits per heavy atom. The number of nitrogens with zero attached hydrogens (tertiary/aromatic N) is 3. The fraction of sp³-hybridized carbons (Fsp3) is 0.111. The molecule has 1 aromatic heterocycles. The minimum atomic E-state index is -0.610. The van der Waals surface area contributed by atoms with Crippen molar-refractivity contribution in [2.45, 2.75) is 6.73 Å². The van der Waals surface area contributed by atoms with Gasteiger partial charge in [0.05, 0.1) is 30.1 Å². The van der Waals surface area contributed by atoms with E-state index >= 15 is 0 Å². The number of halogens is 1. The lowest BCUT2D eigenvalue weighted by molar-refractivity contribution is -0.385. The van der Waals surface area contributed by atoms with Crippen LogP contribution in [0.25, 0.3) is 0 Å². The van der Waals surface area contributed by atoms with Crippen molar-refractivity contribution in [1.29, 1.82) is 0 Å². The van der Waals surface area contributed by atoms with Crippen LogP contribution in [0.4, 0.5) is 11.4 Å². The van der Waals surface area contributed by atoms with Crippen LogP contribution >= 0.6 is 11.6 Å². The summed E-state index contributed by atoms with van der Waals surface area (Å²) in [5.74, 6) is 0.146. The van der Waals surface area contributed by atoms with Crippen LogP contribution in [0.2, 0.25) is 5.02 Å². The van der Waals surface area contributed by atoms with Crippen LogP contribution in [0.15, 0.2) is 54.9 Å². The van der Waals surface area contributed by atoms with Crippen molar-refractivity contribution < 1.29 is 19.2 Å². The zero-order chi connectivity index (χ0) is 20.1. The summed E-state index contributed by atoms with van der Waals surface area (Å²) in [4.78, 5) is 22.8. The number of nitro groups is 1. The molecule has 0 fully saturated rings. The maximum absolute atomic E-state index is 12.4. The van der Waals surface area contributed by atoms with Gasteiger partial charge in [-0.25, -0.2) is 4.68 Å². The van der Waals surface area contributed by atoms with E-state index in [0.717, 1.165) is 6.07 Å². The zero-order valence-electron chi connectivity index (χ0n) is 14.7. The number of carbonyl (C=O) groups is 1. The van der Waals surface area contributed by atoms with E-state index in [1.165, 1.54) is 30.1 Å². The van der Waals surface area contributed by atoms with Crippen LogP contribution < -0.4 is 14.8 Å². The van der Waals surface area contributed by atoms with Crippen LogP contribution in [-0.4, -0.2) is 27.7 Å². The third kappa shape index (κ3) is 4.57. The number of amides is 1. The van der Waals surface area contributed by atoms with Gasteiger partial charge in [-0.15, -0.1) is 0 Å². The molecule has 28 heavy (non-hydrogen) atoms. The summed E-state index contributed by atoms with van der Waals surface area (Å²) in [6, 6.07) is 10.9. The van der Waals surface area contributed by atoms with Gasteiger partial charge in [0.25, 0.3) is 5.91 Å². The van der Waals surface area contributed by atoms with Crippen molar-refractivity contribution in [2.24, 2.45) is 0 Å². The van der Waals surface area contributed by atoms with Crippen molar-refractivity contribution >= 4 is 28.9 Å². The minimum absolute atomic E-state index is 0.0764. The predicted molar refractivity (Wildman–Crippen MR) is 102 cm³/mol. The van der Waals surface area contributed by atoms with Crippen molar-refractivity contribution in [1.82, 2.24) is 9.78 Å². The number of nitrogens with one attached hydrogen (secondary N) is 1. The molecule has 3 rings (SSSR count). The fourth-order valence-corrected chi connectivity index (χ4v) is 2.55. The molecule has 1 N–H and O–H groups in total. The molecule has 0 spiro atoms. The normalized spacial score (nSPS) is 10.4. The highest BCUT2D eigenvalue weighted by Crippen LogP contribution is 2.27. The molecule has 10 heteroatoms. The minimum Gasteiger partial charge on any atom is -0.490 e. The lowest BCUT2D eigenvalue weighted by Gasteiger charge is -2.06. The highest BCUT2D eigenvalue weighted by Gasteiger charge is 2.18. The van der Waals surface area contributed by atoms with E-state index in [1.54, 1.807) is 30.5 Å². The summed E-state index contributed by atoms with van der Waals surface area (Å²) < 4.78 is 12.0. The molecule has 0 saturated heterocycles. The van der Waals surface area contributed by atoms with Crippen LogP contribution in [0, 0.1) is 10.1 Å². The van der Waals surface area contributed by atoms with Crippen LogP contribution in [0.5, 0.6) is 11.5 Å². The van der Waals surface area contributed by atoms with Crippen LogP contribution in [0.3, 0.4) is 0 Å². The third-order valence-electron chi connectivity index (χ3n) is 3.69. The molecule has 0 radical (unpaired) electrons. The highest BCUT2D eigenvalue weighted by atomic mass is 35.5. The Hall–Kier alpha value is -3.59. The maximum atomic E-state index is 12.4. The number of aromatic nitrogens is 2. The number of methoxy groups -OCH3 is 1. The molecule has 0 saturated carbocycles. The van der Waals surface area contributed by atoms with Crippen molar-refractivity contribution in [2.75, 3.05) is 12.4 Å². The fourth-order valence-electron chi connectivity index (χ4n) is 2.37. The van der Waals surface area contributed by atoms with E-state index in [-0.39, 0.29) is 23.7 Å². The maximum Gasteiger partial charge on any atom is 0.311 e. The summed E-state index contributed by atoms with van der Waals surface area (Å²) in [6.45, 7) is 0.115. The monoisotopic (exact) mass is 402 g/mol. The average molecular weight is 403 g/mol. The van der Waals surface area contributed by atoms with Crippen LogP contribution in [-0.2, 0) is 6.73 Å². The van der Waals surface area contributed by atoms with Gasteiger partial charge in [0, 0.05) is 16.7 Å². The summed E-state index contributed by atoms with van der Waals surface area (Å²) in [5, 5.41) is 18.4. The Bertz CT molecular complexity index is 1020.